The van der Waals surface area contributed by atoms with Crippen molar-refractivity contribution in [3.05, 3.63) is 22.8 Å². The second-order valence-electron chi connectivity index (χ2n) is 4.53. The van der Waals surface area contributed by atoms with Crippen LogP contribution < -0.4 is 14.8 Å². The highest BCUT2D eigenvalue weighted by atomic mass is 16.5. The van der Waals surface area contributed by atoms with E-state index in [9.17, 15) is 5.11 Å². The Balaban J connectivity index is 2.07. The number of fused-ring (bicyclic) bond motifs is 3. The van der Waals surface area contributed by atoms with Crippen molar-refractivity contribution in [2.45, 2.75) is 18.9 Å². The van der Waals surface area contributed by atoms with Gasteiger partial charge in [0, 0.05) is 30.5 Å². The molecule has 0 aromatic heterocycles. The van der Waals surface area contributed by atoms with Gasteiger partial charge in [0.1, 0.15) is 0 Å². The Morgan fingerprint density at radius 3 is 2.88 bits per heavy atom. The smallest absolute Gasteiger partial charge is 0.165 e. The number of ether oxygens (including phenoxy) is 2. The summed E-state index contributed by atoms with van der Waals surface area (Å²) in [5, 5.41) is 13.2. The maximum atomic E-state index is 10.2. The molecule has 4 nitrogen and oxygen atoms in total. The number of aliphatic hydroxyl groups is 1. The quantitative estimate of drug-likeness (QED) is 0.814. The standard InChI is InChI=1S/C13H17NO3/c1-14-7-11(15)10-6-8-2-4-16-12(8)13-9(10)3-5-17-13/h6,11,14-15H,2-5,7H2,1H3. The second kappa shape index (κ2) is 4.20. The zero-order chi connectivity index (χ0) is 11.8. The summed E-state index contributed by atoms with van der Waals surface area (Å²) in [4.78, 5) is 0. The van der Waals surface area contributed by atoms with Crippen LogP contribution in [0.4, 0.5) is 0 Å². The molecule has 0 spiro atoms. The molecule has 1 atom stereocenters. The minimum Gasteiger partial charge on any atom is -0.489 e. The lowest BCUT2D eigenvalue weighted by molar-refractivity contribution is 0.177. The van der Waals surface area contributed by atoms with Crippen LogP contribution in [0.1, 0.15) is 22.8 Å². The van der Waals surface area contributed by atoms with E-state index >= 15 is 0 Å². The van der Waals surface area contributed by atoms with E-state index in [1.54, 1.807) is 0 Å². The summed E-state index contributed by atoms with van der Waals surface area (Å²) in [5.41, 5.74) is 3.28. The monoisotopic (exact) mass is 235 g/mol. The van der Waals surface area contributed by atoms with E-state index in [-0.39, 0.29) is 0 Å². The first-order valence-corrected chi connectivity index (χ1v) is 6.08. The van der Waals surface area contributed by atoms with Crippen LogP contribution in [0.25, 0.3) is 0 Å². The summed E-state index contributed by atoms with van der Waals surface area (Å²) in [5.74, 6) is 1.77. The lowest BCUT2D eigenvalue weighted by Gasteiger charge is -2.16. The van der Waals surface area contributed by atoms with Crippen molar-refractivity contribution in [3.8, 4) is 11.5 Å². The first-order valence-electron chi connectivity index (χ1n) is 6.08. The average Bonchev–Trinajstić information content (AvgIpc) is 2.95. The van der Waals surface area contributed by atoms with Gasteiger partial charge in [0.15, 0.2) is 11.5 Å². The van der Waals surface area contributed by atoms with Crippen LogP contribution in [0.3, 0.4) is 0 Å². The van der Waals surface area contributed by atoms with Gasteiger partial charge in [-0.2, -0.15) is 0 Å². The minimum absolute atomic E-state index is 0.471. The molecule has 0 saturated carbocycles. The van der Waals surface area contributed by atoms with Gasteiger partial charge < -0.3 is 19.9 Å². The van der Waals surface area contributed by atoms with E-state index in [4.69, 9.17) is 9.47 Å². The summed E-state index contributed by atoms with van der Waals surface area (Å²) in [6.07, 6.45) is 1.30. The number of hydrogen-bond acceptors (Lipinski definition) is 4. The van der Waals surface area contributed by atoms with Gasteiger partial charge in [0.05, 0.1) is 19.3 Å². The van der Waals surface area contributed by atoms with Crippen molar-refractivity contribution in [2.75, 3.05) is 26.8 Å². The van der Waals surface area contributed by atoms with Gasteiger partial charge in [0.25, 0.3) is 0 Å². The fourth-order valence-electron chi connectivity index (χ4n) is 2.63. The summed E-state index contributed by atoms with van der Waals surface area (Å²) in [6.45, 7) is 1.97. The van der Waals surface area contributed by atoms with Gasteiger partial charge in [-0.05, 0) is 18.7 Å². The van der Waals surface area contributed by atoms with Crippen molar-refractivity contribution < 1.29 is 14.6 Å². The molecule has 1 unspecified atom stereocenters. The van der Waals surface area contributed by atoms with E-state index in [0.717, 1.165) is 47.6 Å². The summed E-state index contributed by atoms with van der Waals surface area (Å²) in [6, 6.07) is 2.08. The van der Waals surface area contributed by atoms with Gasteiger partial charge in [-0.1, -0.05) is 0 Å². The topological polar surface area (TPSA) is 50.7 Å². The number of aliphatic hydroxyl groups excluding tert-OH is 1. The third-order valence-corrected chi connectivity index (χ3v) is 3.42. The lowest BCUT2D eigenvalue weighted by Crippen LogP contribution is -2.17. The van der Waals surface area contributed by atoms with Crippen molar-refractivity contribution in [3.63, 3.8) is 0 Å². The highest BCUT2D eigenvalue weighted by molar-refractivity contribution is 5.59. The SMILES string of the molecule is CNCC(O)c1cc2c(c3c1CCO3)OCC2. The van der Waals surface area contributed by atoms with E-state index in [0.29, 0.717) is 13.2 Å². The first-order chi connectivity index (χ1) is 8.31. The van der Waals surface area contributed by atoms with Crippen LogP contribution in [0.5, 0.6) is 11.5 Å². The van der Waals surface area contributed by atoms with Crippen molar-refractivity contribution >= 4 is 0 Å². The predicted molar refractivity (Wildman–Crippen MR) is 63.7 cm³/mol. The molecule has 0 bridgehead atoms. The molecule has 0 aliphatic carbocycles. The molecule has 0 saturated heterocycles. The van der Waals surface area contributed by atoms with Gasteiger partial charge in [0.2, 0.25) is 0 Å². The third kappa shape index (κ3) is 1.68. The van der Waals surface area contributed by atoms with Crippen LogP contribution in [0, 0.1) is 0 Å². The Labute approximate surface area is 101 Å². The number of likely N-dealkylation sites (N-methyl/N-ethyl adjacent to an activating group) is 1. The van der Waals surface area contributed by atoms with Crippen LogP contribution in [-0.4, -0.2) is 31.9 Å². The van der Waals surface area contributed by atoms with Gasteiger partial charge in [-0.3, -0.25) is 0 Å². The summed E-state index contributed by atoms with van der Waals surface area (Å²) < 4.78 is 11.3. The molecule has 0 radical (unpaired) electrons. The Kier molecular flexibility index (Phi) is 2.68. The van der Waals surface area contributed by atoms with Gasteiger partial charge in [-0.25, -0.2) is 0 Å². The number of benzene rings is 1. The van der Waals surface area contributed by atoms with Crippen LogP contribution in [0.15, 0.2) is 6.07 Å². The van der Waals surface area contributed by atoms with Crippen LogP contribution >= 0.6 is 0 Å². The zero-order valence-corrected chi connectivity index (χ0v) is 9.95. The third-order valence-electron chi connectivity index (χ3n) is 3.42. The number of hydrogen-bond donors (Lipinski definition) is 2. The molecule has 4 heteroatoms. The van der Waals surface area contributed by atoms with E-state index in [1.807, 2.05) is 7.05 Å². The fraction of sp³-hybridized carbons (Fsp3) is 0.538. The molecule has 17 heavy (non-hydrogen) atoms. The van der Waals surface area contributed by atoms with Crippen LogP contribution in [-0.2, 0) is 12.8 Å². The first kappa shape index (κ1) is 10.9. The van der Waals surface area contributed by atoms with Crippen molar-refractivity contribution in [1.29, 1.82) is 0 Å². The number of nitrogens with one attached hydrogen (secondary N) is 1. The largest absolute Gasteiger partial charge is 0.489 e. The Morgan fingerprint density at radius 1 is 1.29 bits per heavy atom. The van der Waals surface area contributed by atoms with Crippen molar-refractivity contribution in [1.82, 2.24) is 5.32 Å². The molecule has 1 aromatic carbocycles. The maximum absolute atomic E-state index is 10.2. The van der Waals surface area contributed by atoms with Crippen LogP contribution in [0.2, 0.25) is 0 Å². The molecule has 3 rings (SSSR count). The molecular formula is C13H17NO3. The zero-order valence-electron chi connectivity index (χ0n) is 9.95. The molecule has 2 heterocycles. The Morgan fingerprint density at radius 2 is 2.06 bits per heavy atom. The Hall–Kier alpha value is -1.26. The molecule has 1 aromatic rings. The molecule has 92 valence electrons. The highest BCUT2D eigenvalue weighted by Gasteiger charge is 2.29. The second-order valence-corrected chi connectivity index (χ2v) is 4.53. The van der Waals surface area contributed by atoms with E-state index in [1.165, 1.54) is 0 Å². The predicted octanol–water partition coefficient (Wildman–Crippen LogP) is 0.809. The molecule has 0 amide bonds. The Bertz CT molecular complexity index is 445. The molecule has 2 aliphatic rings. The minimum atomic E-state index is -0.471. The molecule has 2 aliphatic heterocycles. The molecule has 0 fully saturated rings. The van der Waals surface area contributed by atoms with Gasteiger partial charge >= 0.3 is 0 Å². The van der Waals surface area contributed by atoms with E-state index < -0.39 is 6.10 Å². The average molecular weight is 235 g/mol. The normalized spacial score (nSPS) is 18.2. The van der Waals surface area contributed by atoms with E-state index in [2.05, 4.69) is 11.4 Å². The lowest BCUT2D eigenvalue weighted by atomic mass is 9.96. The molecule has 2 N–H and O–H groups in total. The summed E-state index contributed by atoms with van der Waals surface area (Å²) >= 11 is 0. The summed E-state index contributed by atoms with van der Waals surface area (Å²) in [7, 11) is 1.84. The maximum Gasteiger partial charge on any atom is 0.165 e. The van der Waals surface area contributed by atoms with Gasteiger partial charge in [-0.15, -0.1) is 0 Å². The number of rotatable bonds is 3. The fourth-order valence-corrected chi connectivity index (χ4v) is 2.63. The molecular weight excluding hydrogens is 218 g/mol. The van der Waals surface area contributed by atoms with Crippen molar-refractivity contribution in [2.24, 2.45) is 0 Å². The highest BCUT2D eigenvalue weighted by Crippen LogP contribution is 2.44.